The molecule has 0 saturated heterocycles. The topological polar surface area (TPSA) is 102 Å². The van der Waals surface area contributed by atoms with E-state index in [2.05, 4.69) is 10.3 Å². The van der Waals surface area contributed by atoms with E-state index >= 15 is 0 Å². The van der Waals surface area contributed by atoms with E-state index < -0.39 is 11.9 Å². The molecule has 0 bridgehead atoms. The lowest BCUT2D eigenvalue weighted by Crippen LogP contribution is -2.22. The van der Waals surface area contributed by atoms with Gasteiger partial charge in [0.2, 0.25) is 0 Å². The molecule has 0 atom stereocenters. The van der Waals surface area contributed by atoms with E-state index in [9.17, 15) is 18.0 Å². The van der Waals surface area contributed by atoms with E-state index in [1.807, 2.05) is 18.2 Å². The number of nitrogens with two attached hydrogens (primary N) is 2. The first kappa shape index (κ1) is 19.8. The number of benzene rings is 1. The number of hydrogen-bond acceptors (Lipinski definition) is 4. The minimum Gasteiger partial charge on any atom is -0.398 e. The third-order valence-corrected chi connectivity index (χ3v) is 5.13. The Morgan fingerprint density at radius 3 is 2.67 bits per heavy atom. The zero-order valence-corrected chi connectivity index (χ0v) is 15.9. The number of fused-ring (bicyclic) bond motifs is 3. The first-order valence-corrected chi connectivity index (χ1v) is 9.32. The highest BCUT2D eigenvalue weighted by Gasteiger charge is 2.30. The SMILES string of the molecule is N/C(=C\C=C(/N)C(F)(F)F)c1ccn(-c2ccc3c4c([nH]c3c2)CCNC4)c(=O)c1. The molecule has 3 heterocycles. The minimum absolute atomic E-state index is 0.00597. The maximum Gasteiger partial charge on any atom is 0.430 e. The van der Waals surface area contributed by atoms with Crippen molar-refractivity contribution in [3.8, 4) is 5.69 Å². The highest BCUT2D eigenvalue weighted by molar-refractivity contribution is 5.86. The molecule has 4 rings (SSSR count). The van der Waals surface area contributed by atoms with Crippen LogP contribution in [-0.2, 0) is 13.0 Å². The highest BCUT2D eigenvalue weighted by Crippen LogP contribution is 2.26. The zero-order valence-electron chi connectivity index (χ0n) is 15.9. The molecule has 2 aromatic heterocycles. The average molecular weight is 415 g/mol. The fraction of sp³-hybridized carbons (Fsp3) is 0.190. The molecule has 0 fully saturated rings. The summed E-state index contributed by atoms with van der Waals surface area (Å²) in [6.07, 6.45) is -0.457. The molecule has 0 spiro atoms. The summed E-state index contributed by atoms with van der Waals surface area (Å²) < 4.78 is 38.9. The number of hydrogen-bond donors (Lipinski definition) is 4. The Morgan fingerprint density at radius 2 is 1.93 bits per heavy atom. The van der Waals surface area contributed by atoms with Crippen molar-refractivity contribution in [1.82, 2.24) is 14.9 Å². The van der Waals surface area contributed by atoms with Crippen molar-refractivity contribution in [3.05, 3.63) is 81.6 Å². The Labute approximate surface area is 169 Å². The van der Waals surface area contributed by atoms with Crippen LogP contribution >= 0.6 is 0 Å². The molecule has 9 heteroatoms. The van der Waals surface area contributed by atoms with E-state index in [0.717, 1.165) is 36.5 Å². The van der Waals surface area contributed by atoms with Gasteiger partial charge in [0.05, 0.1) is 5.69 Å². The van der Waals surface area contributed by atoms with Crippen molar-refractivity contribution in [2.24, 2.45) is 11.5 Å². The van der Waals surface area contributed by atoms with Crippen molar-refractivity contribution in [2.45, 2.75) is 19.1 Å². The Balaban J connectivity index is 1.66. The smallest absolute Gasteiger partial charge is 0.398 e. The molecular formula is C21H20F3N5O. The van der Waals surface area contributed by atoms with Crippen LogP contribution < -0.4 is 22.3 Å². The van der Waals surface area contributed by atoms with E-state index in [4.69, 9.17) is 11.5 Å². The van der Waals surface area contributed by atoms with Crippen molar-refractivity contribution in [1.29, 1.82) is 0 Å². The maximum absolute atomic E-state index is 12.6. The van der Waals surface area contributed by atoms with Gasteiger partial charge in [-0.15, -0.1) is 0 Å². The molecule has 3 aromatic rings. The van der Waals surface area contributed by atoms with Gasteiger partial charge >= 0.3 is 6.18 Å². The van der Waals surface area contributed by atoms with E-state index in [-0.39, 0.29) is 11.3 Å². The first-order valence-electron chi connectivity index (χ1n) is 9.32. The summed E-state index contributed by atoms with van der Waals surface area (Å²) in [5.74, 6) is 0. The molecule has 30 heavy (non-hydrogen) atoms. The van der Waals surface area contributed by atoms with Gasteiger partial charge in [-0.1, -0.05) is 6.07 Å². The van der Waals surface area contributed by atoms with Crippen molar-refractivity contribution >= 4 is 16.6 Å². The molecule has 1 aromatic carbocycles. The molecule has 1 aliphatic rings. The molecule has 6 nitrogen and oxygen atoms in total. The summed E-state index contributed by atoms with van der Waals surface area (Å²) >= 11 is 0. The molecule has 156 valence electrons. The van der Waals surface area contributed by atoms with Gasteiger partial charge in [-0.3, -0.25) is 9.36 Å². The van der Waals surface area contributed by atoms with Gasteiger partial charge in [0.25, 0.3) is 5.56 Å². The van der Waals surface area contributed by atoms with Crippen LogP contribution in [0.25, 0.3) is 22.3 Å². The monoisotopic (exact) mass is 415 g/mol. The zero-order chi connectivity index (χ0) is 21.5. The second kappa shape index (κ2) is 7.42. The van der Waals surface area contributed by atoms with Crippen LogP contribution in [0.2, 0.25) is 0 Å². The first-order chi connectivity index (χ1) is 14.2. The number of aromatic nitrogens is 2. The second-order valence-corrected chi connectivity index (χ2v) is 7.10. The summed E-state index contributed by atoms with van der Waals surface area (Å²) in [5.41, 5.74) is 13.5. The van der Waals surface area contributed by atoms with Crippen LogP contribution in [0.15, 0.2) is 59.2 Å². The summed E-state index contributed by atoms with van der Waals surface area (Å²) in [4.78, 5) is 16.0. The number of alkyl halides is 3. The Kier molecular flexibility index (Phi) is 4.90. The normalized spacial score (nSPS) is 15.4. The third kappa shape index (κ3) is 3.71. The Bertz CT molecular complexity index is 1230. The summed E-state index contributed by atoms with van der Waals surface area (Å²) in [6, 6.07) is 8.58. The van der Waals surface area contributed by atoms with Crippen LogP contribution in [0.4, 0.5) is 13.2 Å². The molecule has 0 unspecified atom stereocenters. The number of H-pyrrole nitrogens is 1. The van der Waals surface area contributed by atoms with Crippen molar-refractivity contribution in [3.63, 3.8) is 0 Å². The maximum atomic E-state index is 12.6. The Morgan fingerprint density at radius 1 is 1.13 bits per heavy atom. The summed E-state index contributed by atoms with van der Waals surface area (Å²) in [6.45, 7) is 1.73. The number of rotatable bonds is 3. The van der Waals surface area contributed by atoms with Gasteiger partial charge in [0.15, 0.2) is 0 Å². The Hall–Kier alpha value is -3.46. The summed E-state index contributed by atoms with van der Waals surface area (Å²) in [7, 11) is 0. The van der Waals surface area contributed by atoms with Crippen LogP contribution in [0, 0.1) is 0 Å². The quantitative estimate of drug-likeness (QED) is 0.494. The molecular weight excluding hydrogens is 395 g/mol. The third-order valence-electron chi connectivity index (χ3n) is 5.13. The molecule has 0 saturated carbocycles. The second-order valence-electron chi connectivity index (χ2n) is 7.10. The number of aromatic amines is 1. The number of nitrogens with one attached hydrogen (secondary N) is 2. The largest absolute Gasteiger partial charge is 0.430 e. The van der Waals surface area contributed by atoms with Crippen molar-refractivity contribution < 1.29 is 13.2 Å². The molecule has 0 aliphatic carbocycles. The standard InChI is InChI=1S/C21H20F3N5O/c22-21(23,24)19(26)4-3-16(25)12-6-8-29(20(30)9-12)13-1-2-14-15-11-27-7-5-17(15)28-18(14)10-13/h1-4,6,8-10,27-28H,5,7,11,25-26H2/b16-3-,19-4-. The molecule has 0 amide bonds. The van der Waals surface area contributed by atoms with Crippen LogP contribution in [0.5, 0.6) is 0 Å². The lowest BCUT2D eigenvalue weighted by atomic mass is 10.1. The predicted molar refractivity (Wildman–Crippen MR) is 110 cm³/mol. The minimum atomic E-state index is -4.63. The average Bonchev–Trinajstić information content (AvgIpc) is 3.08. The van der Waals surface area contributed by atoms with E-state index in [1.54, 1.807) is 12.3 Å². The number of allylic oxidation sites excluding steroid dienone is 3. The van der Waals surface area contributed by atoms with Gasteiger partial charge in [-0.2, -0.15) is 13.2 Å². The van der Waals surface area contributed by atoms with Crippen molar-refractivity contribution in [2.75, 3.05) is 6.54 Å². The number of halogens is 3. The molecule has 0 radical (unpaired) electrons. The fourth-order valence-corrected chi connectivity index (χ4v) is 3.53. The predicted octanol–water partition coefficient (Wildman–Crippen LogP) is 2.67. The van der Waals surface area contributed by atoms with Gasteiger partial charge < -0.3 is 21.8 Å². The van der Waals surface area contributed by atoms with Crippen LogP contribution in [-0.4, -0.2) is 22.3 Å². The lowest BCUT2D eigenvalue weighted by molar-refractivity contribution is -0.0926. The lowest BCUT2D eigenvalue weighted by Gasteiger charge is -2.12. The molecule has 1 aliphatic heterocycles. The molecule has 6 N–H and O–H groups in total. The van der Waals surface area contributed by atoms with Gasteiger partial charge in [0, 0.05) is 59.6 Å². The van der Waals surface area contributed by atoms with Gasteiger partial charge in [-0.25, -0.2) is 0 Å². The number of pyridine rings is 1. The van der Waals surface area contributed by atoms with E-state index in [0.29, 0.717) is 17.3 Å². The fourth-order valence-electron chi connectivity index (χ4n) is 3.53. The highest BCUT2D eigenvalue weighted by atomic mass is 19.4. The van der Waals surface area contributed by atoms with Gasteiger partial charge in [-0.05, 0) is 35.9 Å². The van der Waals surface area contributed by atoms with Gasteiger partial charge in [0.1, 0.15) is 5.70 Å². The van der Waals surface area contributed by atoms with Crippen LogP contribution in [0.3, 0.4) is 0 Å². The van der Waals surface area contributed by atoms with Crippen LogP contribution in [0.1, 0.15) is 16.8 Å². The van der Waals surface area contributed by atoms with E-state index in [1.165, 1.54) is 21.9 Å². The number of nitrogens with zero attached hydrogens (tertiary/aromatic N) is 1. The summed E-state index contributed by atoms with van der Waals surface area (Å²) in [5, 5.41) is 4.47.